The largest absolute Gasteiger partial charge is 0.409 e. The third-order valence-electron chi connectivity index (χ3n) is 1.65. The maximum Gasteiger partial charge on any atom is 0.159 e. The fraction of sp³-hybridized carbons (Fsp3) is 0.222. The zero-order chi connectivity index (χ0) is 11.3. The first-order valence-corrected chi connectivity index (χ1v) is 5.16. The van der Waals surface area contributed by atoms with E-state index in [9.17, 15) is 8.78 Å². The summed E-state index contributed by atoms with van der Waals surface area (Å²) >= 11 is 1.31. The van der Waals surface area contributed by atoms with Gasteiger partial charge in [0.15, 0.2) is 11.6 Å². The lowest BCUT2D eigenvalue weighted by atomic mass is 10.3. The van der Waals surface area contributed by atoms with Crippen molar-refractivity contribution in [2.75, 3.05) is 5.75 Å². The third-order valence-corrected chi connectivity index (χ3v) is 2.64. The summed E-state index contributed by atoms with van der Waals surface area (Å²) in [4.78, 5) is 0.611. The summed E-state index contributed by atoms with van der Waals surface area (Å²) in [6.45, 7) is 0. The van der Waals surface area contributed by atoms with Gasteiger partial charge in [-0.25, -0.2) is 8.78 Å². The number of hydrogen-bond donors (Lipinski definition) is 2. The summed E-state index contributed by atoms with van der Waals surface area (Å²) in [6, 6.07) is 3.67. The van der Waals surface area contributed by atoms with Crippen LogP contribution in [0.1, 0.15) is 6.42 Å². The van der Waals surface area contributed by atoms with E-state index in [0.717, 1.165) is 12.1 Å². The molecule has 0 bridgehead atoms. The number of hydrogen-bond acceptors (Lipinski definition) is 3. The molecule has 0 amide bonds. The van der Waals surface area contributed by atoms with Crippen LogP contribution in [0, 0.1) is 11.6 Å². The molecule has 15 heavy (non-hydrogen) atoms. The fourth-order valence-corrected chi connectivity index (χ4v) is 1.79. The Hall–Kier alpha value is -1.30. The molecule has 0 radical (unpaired) electrons. The zero-order valence-corrected chi connectivity index (χ0v) is 8.60. The maximum atomic E-state index is 12.8. The lowest BCUT2D eigenvalue weighted by Gasteiger charge is -2.01. The van der Waals surface area contributed by atoms with Crippen molar-refractivity contribution in [3.8, 4) is 0 Å². The van der Waals surface area contributed by atoms with Crippen LogP contribution in [0.25, 0.3) is 0 Å². The second kappa shape index (κ2) is 5.55. The van der Waals surface area contributed by atoms with Gasteiger partial charge in [0, 0.05) is 17.1 Å². The number of amidine groups is 1. The smallest absolute Gasteiger partial charge is 0.159 e. The SMILES string of the molecule is N/C(CCSc1ccc(F)c(F)c1)=N\O. The zero-order valence-electron chi connectivity index (χ0n) is 7.78. The van der Waals surface area contributed by atoms with Crippen molar-refractivity contribution < 1.29 is 14.0 Å². The molecule has 0 aromatic heterocycles. The lowest BCUT2D eigenvalue weighted by molar-refractivity contribution is 0.317. The van der Waals surface area contributed by atoms with Crippen LogP contribution in [0.3, 0.4) is 0 Å². The van der Waals surface area contributed by atoms with E-state index >= 15 is 0 Å². The first-order chi connectivity index (χ1) is 7.13. The summed E-state index contributed by atoms with van der Waals surface area (Å²) in [6.07, 6.45) is 0.389. The topological polar surface area (TPSA) is 58.6 Å². The highest BCUT2D eigenvalue weighted by molar-refractivity contribution is 7.99. The van der Waals surface area contributed by atoms with E-state index in [1.54, 1.807) is 0 Å². The molecule has 0 atom stereocenters. The van der Waals surface area contributed by atoms with Crippen LogP contribution < -0.4 is 5.73 Å². The third kappa shape index (κ3) is 3.75. The molecule has 0 heterocycles. The standard InChI is InChI=1S/C9H10F2N2OS/c10-7-2-1-6(5-8(7)11)15-4-3-9(12)13-14/h1-2,5,14H,3-4H2,(H2,12,13). The summed E-state index contributed by atoms with van der Waals surface area (Å²) in [5.74, 6) is -1.08. The summed E-state index contributed by atoms with van der Waals surface area (Å²) in [7, 11) is 0. The predicted molar refractivity (Wildman–Crippen MR) is 55.1 cm³/mol. The molecule has 0 aliphatic carbocycles. The summed E-state index contributed by atoms with van der Waals surface area (Å²) in [5, 5.41) is 11.1. The molecule has 6 heteroatoms. The Balaban J connectivity index is 2.48. The van der Waals surface area contributed by atoms with Crippen LogP contribution >= 0.6 is 11.8 Å². The fourth-order valence-electron chi connectivity index (χ4n) is 0.890. The minimum atomic E-state index is -0.871. The number of oxime groups is 1. The van der Waals surface area contributed by atoms with Gasteiger partial charge in [-0.1, -0.05) is 5.16 Å². The molecule has 0 unspecified atom stereocenters. The van der Waals surface area contributed by atoms with Crippen LogP contribution in [0.15, 0.2) is 28.3 Å². The average Bonchev–Trinajstić information content (AvgIpc) is 2.23. The Morgan fingerprint density at radius 2 is 2.13 bits per heavy atom. The van der Waals surface area contributed by atoms with Crippen molar-refractivity contribution >= 4 is 17.6 Å². The molecule has 0 saturated carbocycles. The van der Waals surface area contributed by atoms with Crippen molar-refractivity contribution in [1.29, 1.82) is 0 Å². The number of nitrogens with zero attached hydrogens (tertiary/aromatic N) is 1. The number of nitrogens with two attached hydrogens (primary N) is 1. The van der Waals surface area contributed by atoms with Crippen molar-refractivity contribution in [2.45, 2.75) is 11.3 Å². The molecule has 0 saturated heterocycles. The Morgan fingerprint density at radius 3 is 2.73 bits per heavy atom. The van der Waals surface area contributed by atoms with E-state index in [1.807, 2.05) is 0 Å². The second-order valence-electron chi connectivity index (χ2n) is 2.77. The van der Waals surface area contributed by atoms with Crippen LogP contribution in [0.2, 0.25) is 0 Å². The van der Waals surface area contributed by atoms with Crippen LogP contribution in [0.4, 0.5) is 8.78 Å². The molecule has 1 rings (SSSR count). The van der Waals surface area contributed by atoms with E-state index in [0.29, 0.717) is 17.1 Å². The molecule has 1 aromatic carbocycles. The van der Waals surface area contributed by atoms with E-state index in [-0.39, 0.29) is 5.84 Å². The number of thioether (sulfide) groups is 1. The van der Waals surface area contributed by atoms with Gasteiger partial charge in [0.05, 0.1) is 0 Å². The molecular weight excluding hydrogens is 222 g/mol. The summed E-state index contributed by atoms with van der Waals surface area (Å²) < 4.78 is 25.3. The van der Waals surface area contributed by atoms with Crippen molar-refractivity contribution in [3.05, 3.63) is 29.8 Å². The van der Waals surface area contributed by atoms with Crippen molar-refractivity contribution in [2.24, 2.45) is 10.9 Å². The summed E-state index contributed by atoms with van der Waals surface area (Å²) in [5.41, 5.74) is 5.24. The monoisotopic (exact) mass is 232 g/mol. The minimum Gasteiger partial charge on any atom is -0.409 e. The quantitative estimate of drug-likeness (QED) is 0.275. The number of halogens is 2. The van der Waals surface area contributed by atoms with E-state index in [2.05, 4.69) is 5.16 Å². The normalized spacial score (nSPS) is 11.7. The average molecular weight is 232 g/mol. The van der Waals surface area contributed by atoms with Crippen LogP contribution in [0.5, 0.6) is 0 Å². The predicted octanol–water partition coefficient (Wildman–Crippen LogP) is 2.19. The molecule has 3 N–H and O–H groups in total. The Labute approximate surface area is 90.0 Å². The second-order valence-corrected chi connectivity index (χ2v) is 3.93. The van der Waals surface area contributed by atoms with Gasteiger partial charge in [-0.3, -0.25) is 0 Å². The maximum absolute atomic E-state index is 12.8. The van der Waals surface area contributed by atoms with Gasteiger partial charge in [0.2, 0.25) is 0 Å². The van der Waals surface area contributed by atoms with Gasteiger partial charge in [-0.2, -0.15) is 0 Å². The van der Waals surface area contributed by atoms with Gasteiger partial charge in [0.25, 0.3) is 0 Å². The van der Waals surface area contributed by atoms with E-state index in [4.69, 9.17) is 10.9 Å². The molecule has 0 aliphatic heterocycles. The molecule has 1 aromatic rings. The highest BCUT2D eigenvalue weighted by atomic mass is 32.2. The first kappa shape index (κ1) is 11.8. The Kier molecular flexibility index (Phi) is 4.36. The van der Waals surface area contributed by atoms with Crippen molar-refractivity contribution in [1.82, 2.24) is 0 Å². The minimum absolute atomic E-state index is 0.116. The van der Waals surface area contributed by atoms with Gasteiger partial charge in [-0.15, -0.1) is 11.8 Å². The number of rotatable bonds is 4. The van der Waals surface area contributed by atoms with Gasteiger partial charge in [-0.05, 0) is 18.2 Å². The number of benzene rings is 1. The molecule has 0 spiro atoms. The lowest BCUT2D eigenvalue weighted by Crippen LogP contribution is -2.11. The Bertz CT molecular complexity index is 371. The molecule has 0 aliphatic rings. The van der Waals surface area contributed by atoms with Crippen molar-refractivity contribution in [3.63, 3.8) is 0 Å². The van der Waals surface area contributed by atoms with Gasteiger partial charge < -0.3 is 10.9 Å². The van der Waals surface area contributed by atoms with Crippen LogP contribution in [-0.2, 0) is 0 Å². The van der Waals surface area contributed by atoms with Gasteiger partial charge >= 0.3 is 0 Å². The molecule has 82 valence electrons. The van der Waals surface area contributed by atoms with Gasteiger partial charge in [0.1, 0.15) is 5.84 Å². The highest BCUT2D eigenvalue weighted by Crippen LogP contribution is 2.20. The van der Waals surface area contributed by atoms with E-state index in [1.165, 1.54) is 17.8 Å². The van der Waals surface area contributed by atoms with E-state index < -0.39 is 11.6 Å². The van der Waals surface area contributed by atoms with Crippen LogP contribution in [-0.4, -0.2) is 16.8 Å². The molecule has 3 nitrogen and oxygen atoms in total. The molecular formula is C9H10F2N2OS. The Morgan fingerprint density at radius 1 is 1.40 bits per heavy atom. The first-order valence-electron chi connectivity index (χ1n) is 4.17. The molecule has 0 fully saturated rings. The highest BCUT2D eigenvalue weighted by Gasteiger charge is 2.03.